The van der Waals surface area contributed by atoms with Crippen LogP contribution in [-0.4, -0.2) is 26.3 Å². The molecule has 0 spiro atoms. The van der Waals surface area contributed by atoms with Crippen LogP contribution >= 0.6 is 0 Å². The van der Waals surface area contributed by atoms with E-state index in [9.17, 15) is 9.59 Å². The molecule has 4 aromatic rings. The van der Waals surface area contributed by atoms with E-state index in [0.29, 0.717) is 11.2 Å². The smallest absolute Gasteiger partial charge is 0.233 e. The third-order valence-corrected chi connectivity index (χ3v) is 5.54. The van der Waals surface area contributed by atoms with Crippen LogP contribution < -0.4 is 5.32 Å². The highest BCUT2D eigenvalue weighted by molar-refractivity contribution is 6.10. The monoisotopic (exact) mass is 400 g/mol. The highest BCUT2D eigenvalue weighted by Gasteiger charge is 2.23. The van der Waals surface area contributed by atoms with Crippen molar-refractivity contribution in [3.05, 3.63) is 72.4 Å². The first kappa shape index (κ1) is 18.3. The molecule has 0 aliphatic heterocycles. The molecule has 7 heteroatoms. The second-order valence-electron chi connectivity index (χ2n) is 7.48. The number of furan rings is 1. The molecule has 5 rings (SSSR count). The zero-order valence-corrected chi connectivity index (χ0v) is 16.2. The van der Waals surface area contributed by atoms with Crippen LogP contribution in [-0.2, 0) is 4.79 Å². The fourth-order valence-electron chi connectivity index (χ4n) is 4.00. The molecule has 1 aliphatic rings. The topological polar surface area (TPSA) is 89.5 Å². The van der Waals surface area contributed by atoms with E-state index in [2.05, 4.69) is 15.4 Å². The molecule has 0 bridgehead atoms. The lowest BCUT2D eigenvalue weighted by atomic mass is 10.1. The number of nitrogens with zero attached hydrogens (tertiary/aromatic N) is 3. The molecule has 1 amide bonds. The van der Waals surface area contributed by atoms with Gasteiger partial charge in [0.25, 0.3) is 0 Å². The standard InChI is InChI=1S/C23H20N4O3/c28-21(20-9-4-12-30-20)18-14-25-27-19(10-11-24-22(18)27)16-7-3-8-17(13-16)26-23(29)15-5-1-2-6-15/h3-4,7-15H,1-2,5-6H2,(H,26,29). The van der Waals surface area contributed by atoms with Crippen molar-refractivity contribution in [3.63, 3.8) is 0 Å². The Morgan fingerprint density at radius 2 is 1.97 bits per heavy atom. The maximum Gasteiger partial charge on any atom is 0.233 e. The lowest BCUT2D eigenvalue weighted by Gasteiger charge is -2.12. The number of ketones is 1. The van der Waals surface area contributed by atoms with Crippen LogP contribution in [0.1, 0.15) is 41.8 Å². The minimum atomic E-state index is -0.266. The average molecular weight is 400 g/mol. The average Bonchev–Trinajstić information content (AvgIpc) is 3.55. The SMILES string of the molecule is O=C(c1ccco1)c1cnn2c(-c3cccc(NC(=O)C4CCCC4)c3)ccnc12. The van der Waals surface area contributed by atoms with Crippen LogP contribution in [0, 0.1) is 5.92 Å². The summed E-state index contributed by atoms with van der Waals surface area (Å²) in [6.45, 7) is 0. The van der Waals surface area contributed by atoms with Crippen LogP contribution in [0.2, 0.25) is 0 Å². The zero-order chi connectivity index (χ0) is 20.5. The van der Waals surface area contributed by atoms with Crippen molar-refractivity contribution >= 4 is 23.0 Å². The summed E-state index contributed by atoms with van der Waals surface area (Å²) in [7, 11) is 0. The lowest BCUT2D eigenvalue weighted by molar-refractivity contribution is -0.119. The Morgan fingerprint density at radius 3 is 2.77 bits per heavy atom. The van der Waals surface area contributed by atoms with Crippen molar-refractivity contribution in [1.29, 1.82) is 0 Å². The molecule has 30 heavy (non-hydrogen) atoms. The van der Waals surface area contributed by atoms with Crippen molar-refractivity contribution < 1.29 is 14.0 Å². The van der Waals surface area contributed by atoms with Crippen molar-refractivity contribution in [2.24, 2.45) is 5.92 Å². The van der Waals surface area contributed by atoms with E-state index in [1.165, 1.54) is 12.5 Å². The molecule has 0 unspecified atom stereocenters. The van der Waals surface area contributed by atoms with Gasteiger partial charge in [-0.15, -0.1) is 0 Å². The molecular weight excluding hydrogens is 380 g/mol. The number of benzene rings is 1. The number of aromatic nitrogens is 3. The van der Waals surface area contributed by atoms with E-state index in [1.807, 2.05) is 30.3 Å². The third-order valence-electron chi connectivity index (χ3n) is 5.54. The summed E-state index contributed by atoms with van der Waals surface area (Å²) in [4.78, 5) is 29.5. The highest BCUT2D eigenvalue weighted by Crippen LogP contribution is 2.28. The Kier molecular flexibility index (Phi) is 4.63. The van der Waals surface area contributed by atoms with Gasteiger partial charge < -0.3 is 9.73 Å². The molecule has 0 radical (unpaired) electrons. The summed E-state index contributed by atoms with van der Waals surface area (Å²) in [6, 6.07) is 12.7. The molecule has 1 N–H and O–H groups in total. The number of carbonyl (C=O) groups is 2. The van der Waals surface area contributed by atoms with Crippen LogP contribution in [0.25, 0.3) is 16.9 Å². The molecule has 150 valence electrons. The second-order valence-corrected chi connectivity index (χ2v) is 7.48. The van der Waals surface area contributed by atoms with E-state index < -0.39 is 0 Å². The van der Waals surface area contributed by atoms with Gasteiger partial charge in [-0.25, -0.2) is 9.50 Å². The van der Waals surface area contributed by atoms with Crippen LogP contribution in [0.15, 0.2) is 65.5 Å². The van der Waals surface area contributed by atoms with Crippen molar-refractivity contribution in [1.82, 2.24) is 14.6 Å². The number of anilines is 1. The van der Waals surface area contributed by atoms with Crippen LogP contribution in [0.4, 0.5) is 5.69 Å². The Morgan fingerprint density at radius 1 is 1.10 bits per heavy atom. The fraction of sp³-hybridized carbons (Fsp3) is 0.217. The predicted octanol–water partition coefficient (Wildman–Crippen LogP) is 4.35. The van der Waals surface area contributed by atoms with Gasteiger partial charge in [0.05, 0.1) is 23.7 Å². The summed E-state index contributed by atoms with van der Waals surface area (Å²) >= 11 is 0. The van der Waals surface area contributed by atoms with Crippen LogP contribution in [0.3, 0.4) is 0 Å². The normalized spacial score (nSPS) is 14.3. The molecule has 1 aliphatic carbocycles. The number of hydrogen-bond acceptors (Lipinski definition) is 5. The molecule has 7 nitrogen and oxygen atoms in total. The maximum atomic E-state index is 12.7. The van der Waals surface area contributed by atoms with Crippen LogP contribution in [0.5, 0.6) is 0 Å². The highest BCUT2D eigenvalue weighted by atomic mass is 16.3. The third kappa shape index (κ3) is 3.28. The maximum absolute atomic E-state index is 12.7. The van der Waals surface area contributed by atoms with Gasteiger partial charge in [-0.05, 0) is 43.2 Å². The van der Waals surface area contributed by atoms with Gasteiger partial charge in [0.15, 0.2) is 11.4 Å². The number of rotatable bonds is 5. The van der Waals surface area contributed by atoms with Gasteiger partial charge in [0, 0.05) is 23.4 Å². The number of nitrogens with one attached hydrogen (secondary N) is 1. The molecule has 3 aromatic heterocycles. The number of carbonyl (C=O) groups excluding carboxylic acids is 2. The molecule has 0 saturated heterocycles. The van der Waals surface area contributed by atoms with E-state index >= 15 is 0 Å². The summed E-state index contributed by atoms with van der Waals surface area (Å²) in [5.41, 5.74) is 3.21. The predicted molar refractivity (Wildman–Crippen MR) is 111 cm³/mol. The van der Waals surface area contributed by atoms with Gasteiger partial charge >= 0.3 is 0 Å². The number of amides is 1. The largest absolute Gasteiger partial charge is 0.461 e. The van der Waals surface area contributed by atoms with Gasteiger partial charge in [-0.3, -0.25) is 9.59 Å². The second kappa shape index (κ2) is 7.59. The molecule has 1 aromatic carbocycles. The number of hydrogen-bond donors (Lipinski definition) is 1. The molecule has 1 fully saturated rings. The lowest BCUT2D eigenvalue weighted by Crippen LogP contribution is -2.20. The number of fused-ring (bicyclic) bond motifs is 1. The minimum absolute atomic E-state index is 0.0787. The first-order valence-corrected chi connectivity index (χ1v) is 10.0. The van der Waals surface area contributed by atoms with Gasteiger partial charge in [0.2, 0.25) is 11.7 Å². The minimum Gasteiger partial charge on any atom is -0.461 e. The molecule has 0 atom stereocenters. The molecule has 1 saturated carbocycles. The summed E-state index contributed by atoms with van der Waals surface area (Å²) < 4.78 is 6.86. The van der Waals surface area contributed by atoms with E-state index in [1.54, 1.807) is 22.8 Å². The van der Waals surface area contributed by atoms with E-state index in [-0.39, 0.29) is 23.4 Å². The zero-order valence-electron chi connectivity index (χ0n) is 16.2. The van der Waals surface area contributed by atoms with Crippen molar-refractivity contribution in [3.8, 4) is 11.3 Å². The Balaban J connectivity index is 1.48. The Hall–Kier alpha value is -3.74. The van der Waals surface area contributed by atoms with Gasteiger partial charge in [0.1, 0.15) is 0 Å². The fourth-order valence-corrected chi connectivity index (χ4v) is 4.00. The van der Waals surface area contributed by atoms with Crippen molar-refractivity contribution in [2.45, 2.75) is 25.7 Å². The first-order chi connectivity index (χ1) is 14.7. The molecule has 3 heterocycles. The first-order valence-electron chi connectivity index (χ1n) is 10.0. The quantitative estimate of drug-likeness (QED) is 0.503. The van der Waals surface area contributed by atoms with Gasteiger partial charge in [-0.2, -0.15) is 5.10 Å². The van der Waals surface area contributed by atoms with E-state index in [0.717, 1.165) is 42.6 Å². The van der Waals surface area contributed by atoms with Crippen molar-refractivity contribution in [2.75, 3.05) is 5.32 Å². The Bertz CT molecular complexity index is 1220. The summed E-state index contributed by atoms with van der Waals surface area (Å²) in [5.74, 6) is 0.156. The summed E-state index contributed by atoms with van der Waals surface area (Å²) in [5, 5.41) is 7.42. The summed E-state index contributed by atoms with van der Waals surface area (Å²) in [6.07, 6.45) is 8.75. The molecular formula is C23H20N4O3. The Labute approximate surface area is 172 Å². The van der Waals surface area contributed by atoms with Gasteiger partial charge in [-0.1, -0.05) is 25.0 Å². The van der Waals surface area contributed by atoms with E-state index in [4.69, 9.17) is 4.42 Å².